The molecule has 1 aromatic heterocycles. The van der Waals surface area contributed by atoms with Gasteiger partial charge in [0.05, 0.1) is 16.8 Å². The maximum absolute atomic E-state index is 12.9. The van der Waals surface area contributed by atoms with Crippen LogP contribution in [0.2, 0.25) is 0 Å². The fourth-order valence-corrected chi connectivity index (χ4v) is 3.58. The number of ether oxygens (including phenoxy) is 1. The number of para-hydroxylation sites is 1. The third-order valence-corrected chi connectivity index (χ3v) is 5.64. The van der Waals surface area contributed by atoms with E-state index in [4.69, 9.17) is 9.26 Å². The summed E-state index contributed by atoms with van der Waals surface area (Å²) in [5, 5.41) is 9.76. The van der Waals surface area contributed by atoms with Gasteiger partial charge in [-0.1, -0.05) is 47.1 Å². The van der Waals surface area contributed by atoms with Crippen molar-refractivity contribution in [1.29, 1.82) is 0 Å². The zero-order valence-electron chi connectivity index (χ0n) is 19.9. The lowest BCUT2D eigenvalue weighted by molar-refractivity contribution is 0.0945. The molecule has 0 unspecified atom stereocenters. The van der Waals surface area contributed by atoms with Gasteiger partial charge in [0.15, 0.2) is 0 Å². The van der Waals surface area contributed by atoms with E-state index in [-0.39, 0.29) is 18.4 Å². The molecular formula is C28H27N3O4. The number of amides is 2. The molecule has 4 aromatic rings. The number of hydrogen-bond donors (Lipinski definition) is 2. The molecule has 4 rings (SSSR count). The Morgan fingerprint density at radius 3 is 2.43 bits per heavy atom. The van der Waals surface area contributed by atoms with Crippen molar-refractivity contribution < 1.29 is 18.8 Å². The van der Waals surface area contributed by atoms with Gasteiger partial charge >= 0.3 is 0 Å². The summed E-state index contributed by atoms with van der Waals surface area (Å²) in [4.78, 5) is 25.4. The van der Waals surface area contributed by atoms with Crippen molar-refractivity contribution in [3.05, 3.63) is 112 Å². The molecule has 0 spiro atoms. The average molecular weight is 470 g/mol. The van der Waals surface area contributed by atoms with E-state index >= 15 is 0 Å². The van der Waals surface area contributed by atoms with Crippen LogP contribution in [0.15, 0.2) is 77.3 Å². The molecule has 7 heteroatoms. The first-order valence-electron chi connectivity index (χ1n) is 11.3. The van der Waals surface area contributed by atoms with E-state index in [1.807, 2.05) is 63.2 Å². The molecule has 7 nitrogen and oxygen atoms in total. The van der Waals surface area contributed by atoms with Crippen LogP contribution in [0.3, 0.4) is 0 Å². The van der Waals surface area contributed by atoms with Crippen LogP contribution in [0.4, 0.5) is 5.69 Å². The molecule has 2 N–H and O–H groups in total. The predicted molar refractivity (Wildman–Crippen MR) is 133 cm³/mol. The number of benzene rings is 3. The van der Waals surface area contributed by atoms with E-state index in [0.717, 1.165) is 22.4 Å². The van der Waals surface area contributed by atoms with Gasteiger partial charge in [0.1, 0.15) is 18.1 Å². The van der Waals surface area contributed by atoms with Crippen molar-refractivity contribution in [2.75, 3.05) is 5.32 Å². The smallest absolute Gasteiger partial charge is 0.255 e. The van der Waals surface area contributed by atoms with Gasteiger partial charge in [0.25, 0.3) is 11.8 Å². The molecule has 0 saturated heterocycles. The van der Waals surface area contributed by atoms with Crippen LogP contribution in [0, 0.1) is 20.8 Å². The Hall–Kier alpha value is -4.39. The molecule has 0 aliphatic rings. The van der Waals surface area contributed by atoms with Gasteiger partial charge < -0.3 is 19.9 Å². The van der Waals surface area contributed by atoms with Gasteiger partial charge in [0, 0.05) is 17.8 Å². The number of anilines is 1. The van der Waals surface area contributed by atoms with Crippen molar-refractivity contribution in [2.45, 2.75) is 33.9 Å². The highest BCUT2D eigenvalue weighted by Gasteiger charge is 2.15. The van der Waals surface area contributed by atoms with Gasteiger partial charge in [-0.05, 0) is 62.7 Å². The standard InChI is InChI=1S/C28H27N3O4/c1-18-11-13-22(14-12-18)27(32)30-23-8-6-7-21(15-23)16-29-28(33)24-9-4-5-10-26(24)34-17-25-19(2)31-35-20(25)3/h4-15H,16-17H2,1-3H3,(H,29,33)(H,30,32). The molecule has 0 aliphatic carbocycles. The van der Waals surface area contributed by atoms with E-state index in [2.05, 4.69) is 15.8 Å². The van der Waals surface area contributed by atoms with Crippen LogP contribution in [0.25, 0.3) is 0 Å². The van der Waals surface area contributed by atoms with E-state index in [1.165, 1.54) is 0 Å². The summed E-state index contributed by atoms with van der Waals surface area (Å²) >= 11 is 0. The minimum atomic E-state index is -0.256. The molecule has 2 amide bonds. The van der Waals surface area contributed by atoms with Crippen LogP contribution in [-0.2, 0) is 13.2 Å². The molecule has 0 aliphatic heterocycles. The number of nitrogens with zero attached hydrogens (tertiary/aromatic N) is 1. The minimum absolute atomic E-state index is 0.185. The summed E-state index contributed by atoms with van der Waals surface area (Å²) < 4.78 is 11.1. The van der Waals surface area contributed by atoms with E-state index in [9.17, 15) is 9.59 Å². The number of carbonyl (C=O) groups excluding carboxylic acids is 2. The normalized spacial score (nSPS) is 10.6. The lowest BCUT2D eigenvalue weighted by Gasteiger charge is -2.12. The van der Waals surface area contributed by atoms with E-state index in [0.29, 0.717) is 34.9 Å². The first-order valence-corrected chi connectivity index (χ1v) is 11.3. The van der Waals surface area contributed by atoms with Crippen molar-refractivity contribution >= 4 is 17.5 Å². The highest BCUT2D eigenvalue weighted by molar-refractivity contribution is 6.04. The molecule has 0 atom stereocenters. The lowest BCUT2D eigenvalue weighted by Crippen LogP contribution is -2.23. The molecule has 0 radical (unpaired) electrons. The molecule has 0 saturated carbocycles. The monoisotopic (exact) mass is 469 g/mol. The molecule has 178 valence electrons. The van der Waals surface area contributed by atoms with E-state index in [1.54, 1.807) is 30.3 Å². The van der Waals surface area contributed by atoms with Gasteiger partial charge in [-0.2, -0.15) is 0 Å². The Morgan fingerprint density at radius 1 is 0.914 bits per heavy atom. The highest BCUT2D eigenvalue weighted by Crippen LogP contribution is 2.22. The summed E-state index contributed by atoms with van der Waals surface area (Å²) in [6, 6.07) is 21.9. The number of nitrogens with one attached hydrogen (secondary N) is 2. The number of rotatable bonds is 8. The summed E-state index contributed by atoms with van der Waals surface area (Å²) in [5.41, 5.74) is 5.25. The quantitative estimate of drug-likeness (QED) is 0.362. The molecule has 0 bridgehead atoms. The Labute approximate surface area is 204 Å². The maximum Gasteiger partial charge on any atom is 0.255 e. The Morgan fingerprint density at radius 2 is 1.69 bits per heavy atom. The van der Waals surface area contributed by atoms with Crippen molar-refractivity contribution in [2.24, 2.45) is 0 Å². The Bertz CT molecular complexity index is 1320. The second-order valence-electron chi connectivity index (χ2n) is 8.29. The molecule has 1 heterocycles. The van der Waals surface area contributed by atoms with Gasteiger partial charge in [-0.25, -0.2) is 0 Å². The van der Waals surface area contributed by atoms with Gasteiger partial charge in [0.2, 0.25) is 0 Å². The predicted octanol–water partition coefficient (Wildman–Crippen LogP) is 5.36. The number of hydrogen-bond acceptors (Lipinski definition) is 5. The van der Waals surface area contributed by atoms with Crippen molar-refractivity contribution in [3.63, 3.8) is 0 Å². The summed E-state index contributed by atoms with van der Waals surface area (Å²) in [5.74, 6) is 0.729. The summed E-state index contributed by atoms with van der Waals surface area (Å²) in [6.45, 7) is 6.21. The van der Waals surface area contributed by atoms with Crippen LogP contribution in [-0.4, -0.2) is 17.0 Å². The third kappa shape index (κ3) is 5.95. The van der Waals surface area contributed by atoms with Crippen LogP contribution in [0.5, 0.6) is 5.75 Å². The van der Waals surface area contributed by atoms with Crippen LogP contribution >= 0.6 is 0 Å². The molecule has 3 aromatic carbocycles. The second kappa shape index (κ2) is 10.7. The first-order chi connectivity index (χ1) is 16.9. The number of aryl methyl sites for hydroxylation is 3. The Balaban J connectivity index is 1.38. The Kier molecular flexibility index (Phi) is 7.26. The van der Waals surface area contributed by atoms with Crippen LogP contribution < -0.4 is 15.4 Å². The van der Waals surface area contributed by atoms with Gasteiger partial charge in [-0.3, -0.25) is 9.59 Å². The highest BCUT2D eigenvalue weighted by atomic mass is 16.5. The second-order valence-corrected chi connectivity index (χ2v) is 8.29. The SMILES string of the molecule is Cc1ccc(C(=O)Nc2cccc(CNC(=O)c3ccccc3OCc3c(C)noc3C)c2)cc1. The average Bonchev–Trinajstić information content (AvgIpc) is 3.19. The molecule has 35 heavy (non-hydrogen) atoms. The maximum atomic E-state index is 12.9. The zero-order valence-corrected chi connectivity index (χ0v) is 19.9. The summed E-state index contributed by atoms with van der Waals surface area (Å²) in [7, 11) is 0. The number of aromatic nitrogens is 1. The molecule has 0 fully saturated rings. The summed E-state index contributed by atoms with van der Waals surface area (Å²) in [6.07, 6.45) is 0. The third-order valence-electron chi connectivity index (χ3n) is 5.64. The van der Waals surface area contributed by atoms with Crippen molar-refractivity contribution in [1.82, 2.24) is 10.5 Å². The van der Waals surface area contributed by atoms with Crippen molar-refractivity contribution in [3.8, 4) is 5.75 Å². The van der Waals surface area contributed by atoms with E-state index < -0.39 is 0 Å². The fourth-order valence-electron chi connectivity index (χ4n) is 3.58. The fraction of sp³-hybridized carbons (Fsp3) is 0.179. The van der Waals surface area contributed by atoms with Crippen LogP contribution in [0.1, 0.15) is 48.9 Å². The minimum Gasteiger partial charge on any atom is -0.488 e. The first kappa shape index (κ1) is 23.8. The van der Waals surface area contributed by atoms with Gasteiger partial charge in [-0.15, -0.1) is 0 Å². The lowest BCUT2D eigenvalue weighted by atomic mass is 10.1. The molecular weight excluding hydrogens is 442 g/mol. The zero-order chi connectivity index (χ0) is 24.8. The topological polar surface area (TPSA) is 93.5 Å². The largest absolute Gasteiger partial charge is 0.488 e. The number of carbonyl (C=O) groups is 2.